The van der Waals surface area contributed by atoms with Gasteiger partial charge in [0.25, 0.3) is 11.8 Å². The van der Waals surface area contributed by atoms with Crippen LogP contribution in [0.15, 0.2) is 48.5 Å². The molecule has 1 aliphatic rings. The Balaban J connectivity index is 1.72. The van der Waals surface area contributed by atoms with Crippen molar-refractivity contribution in [2.45, 2.75) is 12.5 Å². The molecule has 0 aliphatic carbocycles. The minimum Gasteiger partial charge on any atom is -0.465 e. The van der Waals surface area contributed by atoms with Crippen molar-refractivity contribution in [3.63, 3.8) is 0 Å². The van der Waals surface area contributed by atoms with E-state index >= 15 is 0 Å². The van der Waals surface area contributed by atoms with Crippen LogP contribution < -0.4 is 16.0 Å². The molecule has 4 amide bonds. The van der Waals surface area contributed by atoms with Crippen LogP contribution >= 0.6 is 0 Å². The maximum Gasteiger partial charge on any atom is 0.337 e. The number of ether oxygens (including phenoxy) is 1. The number of benzene rings is 2. The Hall–Kier alpha value is -3.68. The van der Waals surface area contributed by atoms with E-state index in [1.54, 1.807) is 55.5 Å². The first kappa shape index (κ1) is 18.1. The van der Waals surface area contributed by atoms with Gasteiger partial charge in [0.2, 0.25) is 0 Å². The second-order valence-corrected chi connectivity index (χ2v) is 6.13. The molecule has 8 heteroatoms. The zero-order valence-electron chi connectivity index (χ0n) is 14.7. The van der Waals surface area contributed by atoms with Crippen LogP contribution in [-0.2, 0) is 15.1 Å². The van der Waals surface area contributed by atoms with Crippen LogP contribution in [0.3, 0.4) is 0 Å². The highest BCUT2D eigenvalue weighted by molar-refractivity contribution is 6.07. The van der Waals surface area contributed by atoms with Gasteiger partial charge in [-0.2, -0.15) is 0 Å². The van der Waals surface area contributed by atoms with E-state index in [0.29, 0.717) is 22.4 Å². The first-order valence-electron chi connectivity index (χ1n) is 8.07. The normalized spacial score (nSPS) is 18.4. The summed E-state index contributed by atoms with van der Waals surface area (Å²) in [6, 6.07) is 12.1. The van der Waals surface area contributed by atoms with Crippen LogP contribution in [0.25, 0.3) is 0 Å². The molecular formula is C19H17N3O5. The van der Waals surface area contributed by atoms with E-state index < -0.39 is 23.4 Å². The van der Waals surface area contributed by atoms with Gasteiger partial charge in [0, 0.05) is 11.3 Å². The van der Waals surface area contributed by atoms with Gasteiger partial charge >= 0.3 is 12.0 Å². The Kier molecular flexibility index (Phi) is 4.64. The van der Waals surface area contributed by atoms with Crippen molar-refractivity contribution >= 4 is 29.5 Å². The third-order valence-electron chi connectivity index (χ3n) is 4.33. The second-order valence-electron chi connectivity index (χ2n) is 6.13. The van der Waals surface area contributed by atoms with E-state index in [-0.39, 0.29) is 5.91 Å². The molecule has 3 N–H and O–H groups in total. The molecule has 8 nitrogen and oxygen atoms in total. The Labute approximate surface area is 154 Å². The zero-order chi connectivity index (χ0) is 19.6. The lowest BCUT2D eigenvalue weighted by Crippen LogP contribution is -2.40. The van der Waals surface area contributed by atoms with Gasteiger partial charge in [0.05, 0.1) is 12.7 Å². The standard InChI is InChI=1S/C19H17N3O5/c1-19(17(25)21-18(26)22-19)13-7-3-11(4-8-13)15(23)20-14-9-5-12(6-10-14)16(24)27-2/h3-10H,1-2H3,(H,20,23)(H2,21,22,25,26)/t19-/m1/s1. The molecule has 1 atom stereocenters. The SMILES string of the molecule is COC(=O)c1ccc(NC(=O)c2ccc([C@@]3(C)NC(=O)NC3=O)cc2)cc1. The fourth-order valence-corrected chi connectivity index (χ4v) is 2.71. The van der Waals surface area contributed by atoms with Crippen molar-refractivity contribution in [2.24, 2.45) is 0 Å². The van der Waals surface area contributed by atoms with E-state index in [1.807, 2.05) is 0 Å². The minimum atomic E-state index is -1.17. The number of hydrogen-bond donors (Lipinski definition) is 3. The topological polar surface area (TPSA) is 114 Å². The monoisotopic (exact) mass is 367 g/mol. The van der Waals surface area contributed by atoms with Crippen molar-refractivity contribution in [3.8, 4) is 0 Å². The summed E-state index contributed by atoms with van der Waals surface area (Å²) in [5.41, 5.74) is 0.667. The van der Waals surface area contributed by atoms with Crippen molar-refractivity contribution in [3.05, 3.63) is 65.2 Å². The molecule has 0 radical (unpaired) electrons. The van der Waals surface area contributed by atoms with Gasteiger partial charge in [-0.15, -0.1) is 0 Å². The van der Waals surface area contributed by atoms with Crippen LogP contribution in [0.2, 0.25) is 0 Å². The lowest BCUT2D eigenvalue weighted by atomic mass is 9.91. The fraction of sp³-hybridized carbons (Fsp3) is 0.158. The third-order valence-corrected chi connectivity index (χ3v) is 4.33. The van der Waals surface area contributed by atoms with Crippen molar-refractivity contribution in [2.75, 3.05) is 12.4 Å². The molecule has 2 aromatic rings. The number of methoxy groups -OCH3 is 1. The second kappa shape index (κ2) is 6.91. The van der Waals surface area contributed by atoms with Crippen LogP contribution in [0, 0.1) is 0 Å². The maximum absolute atomic E-state index is 12.4. The molecular weight excluding hydrogens is 350 g/mol. The van der Waals surface area contributed by atoms with Crippen molar-refractivity contribution in [1.29, 1.82) is 0 Å². The lowest BCUT2D eigenvalue weighted by Gasteiger charge is -2.21. The van der Waals surface area contributed by atoms with Gasteiger partial charge in [-0.3, -0.25) is 14.9 Å². The fourth-order valence-electron chi connectivity index (χ4n) is 2.71. The summed E-state index contributed by atoms with van der Waals surface area (Å²) >= 11 is 0. The molecule has 1 saturated heterocycles. The van der Waals surface area contributed by atoms with Crippen LogP contribution in [0.4, 0.5) is 10.5 Å². The maximum atomic E-state index is 12.4. The highest BCUT2D eigenvalue weighted by atomic mass is 16.5. The molecule has 2 aromatic carbocycles. The Morgan fingerprint density at radius 1 is 0.963 bits per heavy atom. The van der Waals surface area contributed by atoms with Gasteiger partial charge in [-0.1, -0.05) is 12.1 Å². The summed E-state index contributed by atoms with van der Waals surface area (Å²) in [5.74, 6) is -1.26. The van der Waals surface area contributed by atoms with Crippen LogP contribution in [0.1, 0.15) is 33.2 Å². The molecule has 1 aliphatic heterocycles. The zero-order valence-corrected chi connectivity index (χ0v) is 14.7. The van der Waals surface area contributed by atoms with E-state index in [2.05, 4.69) is 20.7 Å². The van der Waals surface area contributed by atoms with E-state index in [4.69, 9.17) is 0 Å². The smallest absolute Gasteiger partial charge is 0.337 e. The van der Waals surface area contributed by atoms with Gasteiger partial charge in [-0.25, -0.2) is 9.59 Å². The third kappa shape index (κ3) is 3.50. The van der Waals surface area contributed by atoms with Gasteiger partial charge in [-0.05, 0) is 48.9 Å². The first-order valence-corrected chi connectivity index (χ1v) is 8.07. The first-order chi connectivity index (χ1) is 12.8. The number of hydrogen-bond acceptors (Lipinski definition) is 5. The highest BCUT2D eigenvalue weighted by Gasteiger charge is 2.43. The molecule has 138 valence electrons. The number of carbonyl (C=O) groups is 4. The quantitative estimate of drug-likeness (QED) is 0.563. The van der Waals surface area contributed by atoms with E-state index in [1.165, 1.54) is 7.11 Å². The van der Waals surface area contributed by atoms with Crippen LogP contribution in [-0.4, -0.2) is 30.9 Å². The van der Waals surface area contributed by atoms with E-state index in [9.17, 15) is 19.2 Å². The van der Waals surface area contributed by atoms with Gasteiger partial charge in [0.1, 0.15) is 5.54 Å². The summed E-state index contributed by atoms with van der Waals surface area (Å²) in [7, 11) is 1.29. The number of amides is 4. The Morgan fingerprint density at radius 3 is 2.07 bits per heavy atom. The average Bonchev–Trinajstić information content (AvgIpc) is 2.94. The van der Waals surface area contributed by atoms with Gasteiger partial charge in [0.15, 0.2) is 0 Å². The minimum absolute atomic E-state index is 0.350. The summed E-state index contributed by atoms with van der Waals surface area (Å²) < 4.78 is 4.62. The number of urea groups is 1. The van der Waals surface area contributed by atoms with E-state index in [0.717, 1.165) is 0 Å². The Morgan fingerprint density at radius 2 is 1.56 bits per heavy atom. The number of carbonyl (C=O) groups excluding carboxylic acids is 4. The average molecular weight is 367 g/mol. The molecule has 1 fully saturated rings. The molecule has 3 rings (SSSR count). The summed E-state index contributed by atoms with van der Waals surface area (Å²) in [6.07, 6.45) is 0. The Bertz CT molecular complexity index is 921. The highest BCUT2D eigenvalue weighted by Crippen LogP contribution is 2.24. The molecule has 0 saturated carbocycles. The van der Waals surface area contributed by atoms with Crippen molar-refractivity contribution < 1.29 is 23.9 Å². The predicted molar refractivity (Wildman–Crippen MR) is 96.2 cm³/mol. The molecule has 27 heavy (non-hydrogen) atoms. The molecule has 0 bridgehead atoms. The molecule has 0 spiro atoms. The molecule has 0 aromatic heterocycles. The summed E-state index contributed by atoms with van der Waals surface area (Å²) in [6.45, 7) is 1.59. The number of imide groups is 1. The number of anilines is 1. The number of rotatable bonds is 4. The molecule has 0 unspecified atom stereocenters. The number of nitrogens with one attached hydrogen (secondary N) is 3. The van der Waals surface area contributed by atoms with Gasteiger partial charge < -0.3 is 15.4 Å². The largest absolute Gasteiger partial charge is 0.465 e. The van der Waals surface area contributed by atoms with Crippen molar-refractivity contribution in [1.82, 2.24) is 10.6 Å². The number of esters is 1. The summed E-state index contributed by atoms with van der Waals surface area (Å²) in [4.78, 5) is 47.1. The molecule has 1 heterocycles. The summed E-state index contributed by atoms with van der Waals surface area (Å²) in [5, 5.41) is 7.47. The van der Waals surface area contributed by atoms with Crippen LogP contribution in [0.5, 0.6) is 0 Å². The lowest BCUT2D eigenvalue weighted by molar-refractivity contribution is -0.123. The predicted octanol–water partition coefficient (Wildman–Crippen LogP) is 1.78.